The summed E-state index contributed by atoms with van der Waals surface area (Å²) in [6.07, 6.45) is 0. The second kappa shape index (κ2) is 7.13. The first-order valence-electron chi connectivity index (χ1n) is 6.32. The predicted octanol–water partition coefficient (Wildman–Crippen LogP) is 3.04. The molecule has 0 bridgehead atoms. The van der Waals surface area contributed by atoms with Gasteiger partial charge in [0.1, 0.15) is 17.2 Å². The highest BCUT2D eigenvalue weighted by molar-refractivity contribution is 9.10. The smallest absolute Gasteiger partial charge is 0.257 e. The first-order chi connectivity index (χ1) is 9.22. The minimum absolute atomic E-state index is 0.155. The van der Waals surface area contributed by atoms with Crippen molar-refractivity contribution in [2.24, 2.45) is 5.92 Å². The quantitative estimate of drug-likeness (QED) is 0.886. The summed E-state index contributed by atoms with van der Waals surface area (Å²) in [7, 11) is 3.75. The van der Waals surface area contributed by atoms with Gasteiger partial charge in [-0.3, -0.25) is 4.79 Å². The first kappa shape index (κ1) is 17.0. The van der Waals surface area contributed by atoms with E-state index in [0.717, 1.165) is 12.1 Å². The summed E-state index contributed by atoms with van der Waals surface area (Å²) in [5.74, 6) is -2.32. The van der Waals surface area contributed by atoms with Crippen LogP contribution < -0.4 is 5.32 Å². The van der Waals surface area contributed by atoms with Gasteiger partial charge in [-0.1, -0.05) is 29.8 Å². The average Bonchev–Trinajstić information content (AvgIpc) is 2.25. The van der Waals surface area contributed by atoms with Crippen molar-refractivity contribution in [2.45, 2.75) is 19.9 Å². The van der Waals surface area contributed by atoms with Gasteiger partial charge in [0.15, 0.2) is 0 Å². The molecule has 0 heterocycles. The summed E-state index contributed by atoms with van der Waals surface area (Å²) < 4.78 is 27.7. The van der Waals surface area contributed by atoms with E-state index in [1.54, 1.807) is 0 Å². The van der Waals surface area contributed by atoms with Crippen LogP contribution in [-0.2, 0) is 0 Å². The van der Waals surface area contributed by atoms with E-state index >= 15 is 0 Å². The standard InChI is InChI=1S/C14H19BrF2N2O/c1-8(2)12(7-19(3)4)18-14(20)13-10(16)5-9(15)6-11(13)17/h5-6,8,12H,7H2,1-4H3,(H,18,20). The molecule has 112 valence electrons. The molecule has 0 radical (unpaired) electrons. The predicted molar refractivity (Wildman–Crippen MR) is 78.7 cm³/mol. The molecule has 1 rings (SSSR count). The number of carbonyl (C=O) groups excluding carboxylic acids is 1. The summed E-state index contributed by atoms with van der Waals surface area (Å²) in [6, 6.07) is 1.97. The van der Waals surface area contributed by atoms with Gasteiger partial charge in [-0.2, -0.15) is 0 Å². The molecule has 1 aromatic rings. The monoisotopic (exact) mass is 348 g/mol. The molecule has 1 unspecified atom stereocenters. The van der Waals surface area contributed by atoms with Gasteiger partial charge in [0.25, 0.3) is 5.91 Å². The van der Waals surface area contributed by atoms with Gasteiger partial charge >= 0.3 is 0 Å². The molecule has 0 aliphatic heterocycles. The molecule has 3 nitrogen and oxygen atoms in total. The van der Waals surface area contributed by atoms with Crippen LogP contribution in [0, 0.1) is 17.6 Å². The lowest BCUT2D eigenvalue weighted by molar-refractivity contribution is 0.0908. The first-order valence-corrected chi connectivity index (χ1v) is 7.11. The third kappa shape index (κ3) is 4.52. The number of rotatable bonds is 5. The lowest BCUT2D eigenvalue weighted by atomic mass is 10.0. The Bertz CT molecular complexity index is 469. The lowest BCUT2D eigenvalue weighted by Gasteiger charge is -2.25. The molecule has 0 fully saturated rings. The Labute approximate surface area is 126 Å². The summed E-state index contributed by atoms with van der Waals surface area (Å²) in [4.78, 5) is 14.0. The van der Waals surface area contributed by atoms with E-state index in [1.807, 2.05) is 32.8 Å². The van der Waals surface area contributed by atoms with Crippen molar-refractivity contribution in [3.8, 4) is 0 Å². The Kier molecular flexibility index (Phi) is 6.07. The van der Waals surface area contributed by atoms with E-state index in [9.17, 15) is 13.6 Å². The zero-order valence-electron chi connectivity index (χ0n) is 12.0. The molecule has 0 saturated heterocycles. The lowest BCUT2D eigenvalue weighted by Crippen LogP contribution is -2.45. The molecule has 1 amide bonds. The average molecular weight is 349 g/mol. The number of benzene rings is 1. The molecule has 0 saturated carbocycles. The molecule has 1 aromatic carbocycles. The highest BCUT2D eigenvalue weighted by Gasteiger charge is 2.23. The van der Waals surface area contributed by atoms with Crippen molar-refractivity contribution in [1.29, 1.82) is 0 Å². The van der Waals surface area contributed by atoms with Crippen LogP contribution in [0.5, 0.6) is 0 Å². The molecular weight excluding hydrogens is 330 g/mol. The van der Waals surface area contributed by atoms with E-state index < -0.39 is 23.1 Å². The van der Waals surface area contributed by atoms with Crippen molar-refractivity contribution in [3.63, 3.8) is 0 Å². The summed E-state index contributed by atoms with van der Waals surface area (Å²) in [6.45, 7) is 4.49. The maximum atomic E-state index is 13.7. The minimum atomic E-state index is -0.873. The van der Waals surface area contributed by atoms with Crippen molar-refractivity contribution in [1.82, 2.24) is 10.2 Å². The minimum Gasteiger partial charge on any atom is -0.348 e. The Morgan fingerprint density at radius 1 is 1.30 bits per heavy atom. The number of halogens is 3. The molecule has 20 heavy (non-hydrogen) atoms. The van der Waals surface area contributed by atoms with Crippen LogP contribution in [0.1, 0.15) is 24.2 Å². The maximum Gasteiger partial charge on any atom is 0.257 e. The summed E-state index contributed by atoms with van der Waals surface area (Å²) in [5, 5.41) is 2.69. The van der Waals surface area contributed by atoms with Gasteiger partial charge in [-0.25, -0.2) is 8.78 Å². The van der Waals surface area contributed by atoms with E-state index in [1.165, 1.54) is 0 Å². The van der Waals surface area contributed by atoms with Crippen LogP contribution in [0.3, 0.4) is 0 Å². The van der Waals surface area contributed by atoms with Crippen molar-refractivity contribution in [2.75, 3.05) is 20.6 Å². The third-order valence-electron chi connectivity index (χ3n) is 2.92. The molecule has 1 atom stereocenters. The van der Waals surface area contributed by atoms with E-state index in [2.05, 4.69) is 21.2 Å². The summed E-state index contributed by atoms with van der Waals surface area (Å²) >= 11 is 2.98. The number of hydrogen-bond acceptors (Lipinski definition) is 2. The number of likely N-dealkylation sites (N-methyl/N-ethyl adjacent to an activating group) is 1. The van der Waals surface area contributed by atoms with E-state index in [-0.39, 0.29) is 16.4 Å². The Balaban J connectivity index is 2.95. The van der Waals surface area contributed by atoms with E-state index in [4.69, 9.17) is 0 Å². The van der Waals surface area contributed by atoms with Crippen molar-refractivity contribution in [3.05, 3.63) is 33.8 Å². The van der Waals surface area contributed by atoms with Gasteiger partial charge in [0.05, 0.1) is 0 Å². The Morgan fingerprint density at radius 3 is 2.20 bits per heavy atom. The fourth-order valence-electron chi connectivity index (χ4n) is 1.82. The fraction of sp³-hybridized carbons (Fsp3) is 0.500. The number of carbonyl (C=O) groups is 1. The zero-order valence-corrected chi connectivity index (χ0v) is 13.6. The van der Waals surface area contributed by atoms with Crippen LogP contribution in [0.2, 0.25) is 0 Å². The molecule has 0 aliphatic carbocycles. The highest BCUT2D eigenvalue weighted by atomic mass is 79.9. The fourth-order valence-corrected chi connectivity index (χ4v) is 2.22. The molecule has 0 spiro atoms. The second-order valence-electron chi connectivity index (χ2n) is 5.33. The molecular formula is C14H19BrF2N2O. The normalized spacial score (nSPS) is 12.8. The van der Waals surface area contributed by atoms with Gasteiger partial charge in [0, 0.05) is 17.1 Å². The Hall–Kier alpha value is -1.01. The van der Waals surface area contributed by atoms with E-state index in [0.29, 0.717) is 6.54 Å². The van der Waals surface area contributed by atoms with Gasteiger partial charge in [0.2, 0.25) is 0 Å². The number of amides is 1. The van der Waals surface area contributed by atoms with Crippen LogP contribution in [-0.4, -0.2) is 37.5 Å². The highest BCUT2D eigenvalue weighted by Crippen LogP contribution is 2.19. The topological polar surface area (TPSA) is 32.3 Å². The van der Waals surface area contributed by atoms with Crippen LogP contribution >= 0.6 is 15.9 Å². The van der Waals surface area contributed by atoms with Crippen molar-refractivity contribution < 1.29 is 13.6 Å². The zero-order chi connectivity index (χ0) is 15.4. The molecule has 0 aromatic heterocycles. The largest absolute Gasteiger partial charge is 0.348 e. The summed E-state index contributed by atoms with van der Waals surface area (Å²) in [5.41, 5.74) is -0.544. The van der Waals surface area contributed by atoms with Crippen LogP contribution in [0.4, 0.5) is 8.78 Å². The number of nitrogens with one attached hydrogen (secondary N) is 1. The molecule has 6 heteroatoms. The molecule has 1 N–H and O–H groups in total. The second-order valence-corrected chi connectivity index (χ2v) is 6.25. The number of nitrogens with zero attached hydrogens (tertiary/aromatic N) is 1. The van der Waals surface area contributed by atoms with Crippen molar-refractivity contribution >= 4 is 21.8 Å². The van der Waals surface area contributed by atoms with Gasteiger partial charge < -0.3 is 10.2 Å². The SMILES string of the molecule is CC(C)C(CN(C)C)NC(=O)c1c(F)cc(Br)cc1F. The van der Waals surface area contributed by atoms with Gasteiger partial charge in [-0.05, 0) is 32.1 Å². The van der Waals surface area contributed by atoms with Crippen LogP contribution in [0.15, 0.2) is 16.6 Å². The van der Waals surface area contributed by atoms with Crippen LogP contribution in [0.25, 0.3) is 0 Å². The Morgan fingerprint density at radius 2 is 1.80 bits per heavy atom. The third-order valence-corrected chi connectivity index (χ3v) is 3.37. The van der Waals surface area contributed by atoms with Gasteiger partial charge in [-0.15, -0.1) is 0 Å². The molecule has 0 aliphatic rings. The maximum absolute atomic E-state index is 13.7. The number of hydrogen-bond donors (Lipinski definition) is 1.